The third-order valence-corrected chi connectivity index (χ3v) is 11.9. The highest BCUT2D eigenvalue weighted by molar-refractivity contribution is 5.99. The van der Waals surface area contributed by atoms with Gasteiger partial charge in [-0.1, -0.05) is 6.07 Å². The highest BCUT2D eigenvalue weighted by Gasteiger charge is 2.51. The topological polar surface area (TPSA) is 99.6 Å². The van der Waals surface area contributed by atoms with E-state index >= 15 is 0 Å². The molecule has 4 saturated carbocycles. The molecular formula is C33H44N6O3. The number of aryl methyl sites for hydroxylation is 1. The van der Waals surface area contributed by atoms with Gasteiger partial charge in [0.05, 0.1) is 10.9 Å². The van der Waals surface area contributed by atoms with Crippen molar-refractivity contribution in [1.29, 1.82) is 0 Å². The molecule has 1 aromatic carbocycles. The number of nitrogens with one attached hydrogen (secondary N) is 2. The highest BCUT2D eigenvalue weighted by Crippen LogP contribution is 2.61. The SMILES string of the molecule is Cc1nc2cccc(NCCN3C[C@H]4C[C@@H]3CN4CCC34CC5CC(CC(C5)C3)C4)c2c(=O)n1C1CCC(=O)NC1=O. The second-order valence-corrected chi connectivity index (χ2v) is 14.6. The van der Waals surface area contributed by atoms with Gasteiger partial charge in [0.2, 0.25) is 11.8 Å². The Kier molecular flexibility index (Phi) is 6.48. The maximum absolute atomic E-state index is 13.7. The first-order valence-electron chi connectivity index (χ1n) is 16.4. The molecule has 3 atom stereocenters. The van der Waals surface area contributed by atoms with E-state index in [1.165, 1.54) is 69.0 Å². The summed E-state index contributed by atoms with van der Waals surface area (Å²) < 4.78 is 1.46. The number of benzene rings is 1. The van der Waals surface area contributed by atoms with Crippen LogP contribution in [0, 0.1) is 30.1 Å². The van der Waals surface area contributed by atoms with Crippen LogP contribution in [0.15, 0.2) is 23.0 Å². The van der Waals surface area contributed by atoms with Crippen LogP contribution in [0.1, 0.15) is 76.1 Å². The number of nitrogens with zero attached hydrogens (tertiary/aromatic N) is 4. The van der Waals surface area contributed by atoms with E-state index < -0.39 is 11.9 Å². The number of rotatable bonds is 8. The minimum atomic E-state index is -0.716. The van der Waals surface area contributed by atoms with Gasteiger partial charge in [0.1, 0.15) is 11.9 Å². The van der Waals surface area contributed by atoms with E-state index in [1.807, 2.05) is 18.2 Å². The van der Waals surface area contributed by atoms with Crippen molar-refractivity contribution in [3.05, 3.63) is 34.4 Å². The van der Waals surface area contributed by atoms with Crippen molar-refractivity contribution in [2.75, 3.05) is 38.0 Å². The van der Waals surface area contributed by atoms with E-state index in [1.54, 1.807) is 6.92 Å². The Morgan fingerprint density at radius 1 is 0.952 bits per heavy atom. The number of amides is 2. The minimum Gasteiger partial charge on any atom is -0.383 e. The largest absolute Gasteiger partial charge is 0.383 e. The fourth-order valence-corrected chi connectivity index (χ4v) is 10.5. The molecule has 224 valence electrons. The summed E-state index contributed by atoms with van der Waals surface area (Å²) in [5.74, 6) is 2.88. The van der Waals surface area contributed by atoms with Gasteiger partial charge in [-0.2, -0.15) is 0 Å². The van der Waals surface area contributed by atoms with Crippen LogP contribution >= 0.6 is 0 Å². The lowest BCUT2D eigenvalue weighted by Gasteiger charge is -2.57. The molecule has 4 aliphatic carbocycles. The summed E-state index contributed by atoms with van der Waals surface area (Å²) in [6, 6.07) is 6.31. The zero-order chi connectivity index (χ0) is 28.6. The maximum atomic E-state index is 13.7. The molecule has 2 aromatic rings. The van der Waals surface area contributed by atoms with Crippen molar-refractivity contribution < 1.29 is 9.59 Å². The van der Waals surface area contributed by atoms with Crippen molar-refractivity contribution in [3.8, 4) is 0 Å². The molecular weight excluding hydrogens is 528 g/mol. The van der Waals surface area contributed by atoms with Crippen molar-refractivity contribution in [1.82, 2.24) is 24.7 Å². The van der Waals surface area contributed by atoms with Crippen molar-refractivity contribution in [3.63, 3.8) is 0 Å². The normalized spacial score (nSPS) is 35.8. The average molecular weight is 573 g/mol. The number of fused-ring (bicyclic) bond motifs is 3. The number of piperidine rings is 1. The lowest BCUT2D eigenvalue weighted by atomic mass is 9.49. The summed E-state index contributed by atoms with van der Waals surface area (Å²) >= 11 is 0. The third kappa shape index (κ3) is 4.58. The minimum absolute atomic E-state index is 0.220. The zero-order valence-corrected chi connectivity index (χ0v) is 24.8. The number of anilines is 1. The molecule has 1 aromatic heterocycles. The van der Waals surface area contributed by atoms with Crippen LogP contribution in [0.4, 0.5) is 5.69 Å². The number of imide groups is 1. The standard InChI is InChI=1S/C33H44N6O3/c1-20-35-27-4-2-3-26(30(27)32(42)39(20)28-5-6-29(40)36-31(28)41)34-8-10-38-19-24-14-25(38)18-37(24)9-7-33-15-21-11-22(16-33)13-23(12-21)17-33/h2-4,21-25,28,34H,5-19H2,1H3,(H,36,40,41)/t21?,22?,23?,24-,25-,28?,33?/m1/s1. The Bertz CT molecular complexity index is 1450. The zero-order valence-electron chi connectivity index (χ0n) is 24.8. The molecule has 9 rings (SSSR count). The van der Waals surface area contributed by atoms with Crippen molar-refractivity contribution in [2.45, 2.75) is 89.3 Å². The van der Waals surface area contributed by atoms with E-state index in [4.69, 9.17) is 0 Å². The van der Waals surface area contributed by atoms with Crippen LogP contribution < -0.4 is 16.2 Å². The number of aromatic nitrogens is 2. The van der Waals surface area contributed by atoms with Gasteiger partial charge in [-0.3, -0.25) is 34.1 Å². The molecule has 2 amide bonds. The van der Waals surface area contributed by atoms with Gasteiger partial charge in [0, 0.05) is 50.4 Å². The molecule has 9 nitrogen and oxygen atoms in total. The highest BCUT2D eigenvalue weighted by atomic mass is 16.2. The molecule has 3 saturated heterocycles. The summed E-state index contributed by atoms with van der Waals surface area (Å²) in [7, 11) is 0. The molecule has 7 aliphatic rings. The van der Waals surface area contributed by atoms with Gasteiger partial charge in [-0.25, -0.2) is 4.98 Å². The predicted octanol–water partition coefficient (Wildman–Crippen LogP) is 3.46. The summed E-state index contributed by atoms with van der Waals surface area (Å²) in [5.41, 5.74) is 1.82. The first-order chi connectivity index (χ1) is 20.3. The number of carbonyl (C=O) groups excluding carboxylic acids is 2. The van der Waals surface area contributed by atoms with Gasteiger partial charge in [0.25, 0.3) is 5.56 Å². The number of hydrogen-bond acceptors (Lipinski definition) is 7. The van der Waals surface area contributed by atoms with E-state index in [-0.39, 0.29) is 17.9 Å². The summed E-state index contributed by atoms with van der Waals surface area (Å²) in [4.78, 5) is 48.1. The van der Waals surface area contributed by atoms with E-state index in [2.05, 4.69) is 25.4 Å². The lowest BCUT2D eigenvalue weighted by Crippen LogP contribution is -2.50. The molecule has 2 N–H and O–H groups in total. The molecule has 6 bridgehead atoms. The van der Waals surface area contributed by atoms with Crippen LogP contribution in [-0.4, -0.2) is 76.0 Å². The number of carbonyl (C=O) groups is 2. The molecule has 9 heteroatoms. The Morgan fingerprint density at radius 2 is 1.64 bits per heavy atom. The summed E-state index contributed by atoms with van der Waals surface area (Å²) in [6.07, 6.45) is 12.4. The second-order valence-electron chi connectivity index (χ2n) is 14.6. The van der Waals surface area contributed by atoms with Crippen LogP contribution in [0.5, 0.6) is 0 Å². The molecule has 7 fully saturated rings. The fourth-order valence-electron chi connectivity index (χ4n) is 10.5. The van der Waals surface area contributed by atoms with Gasteiger partial charge in [-0.15, -0.1) is 0 Å². The van der Waals surface area contributed by atoms with E-state index in [9.17, 15) is 14.4 Å². The summed E-state index contributed by atoms with van der Waals surface area (Å²) in [6.45, 7) is 7.08. The van der Waals surface area contributed by atoms with Crippen LogP contribution in [-0.2, 0) is 9.59 Å². The molecule has 4 heterocycles. The van der Waals surface area contributed by atoms with Crippen molar-refractivity contribution in [2.24, 2.45) is 23.2 Å². The van der Waals surface area contributed by atoms with Crippen LogP contribution in [0.3, 0.4) is 0 Å². The molecule has 0 radical (unpaired) electrons. The molecule has 1 unspecified atom stereocenters. The Labute approximate surface area is 247 Å². The maximum Gasteiger partial charge on any atom is 0.264 e. The number of piperazine rings is 1. The first-order valence-corrected chi connectivity index (χ1v) is 16.4. The lowest BCUT2D eigenvalue weighted by molar-refractivity contribution is -0.135. The van der Waals surface area contributed by atoms with Crippen molar-refractivity contribution >= 4 is 28.4 Å². The monoisotopic (exact) mass is 572 g/mol. The van der Waals surface area contributed by atoms with Gasteiger partial charge < -0.3 is 5.32 Å². The third-order valence-electron chi connectivity index (χ3n) is 11.9. The Balaban J connectivity index is 0.894. The number of likely N-dealkylation sites (tertiary alicyclic amines) is 2. The second kappa shape index (κ2) is 10.2. The summed E-state index contributed by atoms with van der Waals surface area (Å²) in [5, 5.41) is 6.41. The molecule has 42 heavy (non-hydrogen) atoms. The Hall–Kier alpha value is -2.78. The van der Waals surface area contributed by atoms with E-state index in [0.717, 1.165) is 43.1 Å². The molecule has 3 aliphatic heterocycles. The van der Waals surface area contributed by atoms with Gasteiger partial charge >= 0.3 is 0 Å². The quantitative estimate of drug-likeness (QED) is 0.468. The van der Waals surface area contributed by atoms with Gasteiger partial charge in [-0.05, 0) is 107 Å². The fraction of sp³-hybridized carbons (Fsp3) is 0.697. The Morgan fingerprint density at radius 3 is 2.31 bits per heavy atom. The molecule has 0 spiro atoms. The number of hydrogen-bond donors (Lipinski definition) is 2. The smallest absolute Gasteiger partial charge is 0.264 e. The van der Waals surface area contributed by atoms with Gasteiger partial charge in [0.15, 0.2) is 0 Å². The van der Waals surface area contributed by atoms with Crippen LogP contribution in [0.25, 0.3) is 10.9 Å². The van der Waals surface area contributed by atoms with E-state index in [0.29, 0.717) is 40.6 Å². The van der Waals surface area contributed by atoms with Crippen LogP contribution in [0.2, 0.25) is 0 Å². The average Bonchev–Trinajstić information content (AvgIpc) is 3.53. The first kappa shape index (κ1) is 26.8. The predicted molar refractivity (Wildman–Crippen MR) is 161 cm³/mol.